The molecule has 96 valence electrons. The molecule has 0 saturated carbocycles. The van der Waals surface area contributed by atoms with E-state index in [0.29, 0.717) is 0 Å². The van der Waals surface area contributed by atoms with Gasteiger partial charge in [0, 0.05) is 0 Å². The number of carbonyl (C=O) groups excluding carboxylic acids is 1. The molecule has 2 rings (SSSR count). The van der Waals surface area contributed by atoms with Crippen LogP contribution >= 0.6 is 0 Å². The second-order valence-electron chi connectivity index (χ2n) is 4.49. The van der Waals surface area contributed by atoms with Crippen molar-refractivity contribution >= 4 is 17.7 Å². The SMILES string of the molecule is Cc1ccc(C)c(N2C(=O)OCC2CC(=O)O)c1. The van der Waals surface area contributed by atoms with E-state index in [1.807, 2.05) is 32.0 Å². The second kappa shape index (κ2) is 4.68. The summed E-state index contributed by atoms with van der Waals surface area (Å²) in [6.45, 7) is 3.94. The van der Waals surface area contributed by atoms with Crippen molar-refractivity contribution < 1.29 is 19.4 Å². The number of anilines is 1. The summed E-state index contributed by atoms with van der Waals surface area (Å²) in [6.07, 6.45) is -0.589. The number of ether oxygens (including phenoxy) is 1. The zero-order chi connectivity index (χ0) is 13.3. The lowest BCUT2D eigenvalue weighted by molar-refractivity contribution is -0.137. The van der Waals surface area contributed by atoms with Gasteiger partial charge in [-0.15, -0.1) is 0 Å². The first-order valence-corrected chi connectivity index (χ1v) is 5.74. The largest absolute Gasteiger partial charge is 0.481 e. The summed E-state index contributed by atoms with van der Waals surface area (Å²) >= 11 is 0. The summed E-state index contributed by atoms with van der Waals surface area (Å²) in [5.41, 5.74) is 2.67. The molecule has 1 aliphatic rings. The van der Waals surface area contributed by atoms with E-state index in [9.17, 15) is 9.59 Å². The smallest absolute Gasteiger partial charge is 0.414 e. The molecule has 1 amide bonds. The quantitative estimate of drug-likeness (QED) is 0.890. The van der Waals surface area contributed by atoms with Crippen molar-refractivity contribution in [1.29, 1.82) is 0 Å². The third-order valence-electron chi connectivity index (χ3n) is 3.00. The van der Waals surface area contributed by atoms with Crippen LogP contribution in [-0.4, -0.2) is 29.8 Å². The number of hydrogen-bond donors (Lipinski definition) is 1. The molecule has 18 heavy (non-hydrogen) atoms. The molecule has 1 aromatic carbocycles. The number of rotatable bonds is 3. The van der Waals surface area contributed by atoms with E-state index in [-0.39, 0.29) is 13.0 Å². The van der Waals surface area contributed by atoms with Gasteiger partial charge in [-0.2, -0.15) is 0 Å². The fourth-order valence-electron chi connectivity index (χ4n) is 2.09. The summed E-state index contributed by atoms with van der Waals surface area (Å²) in [4.78, 5) is 24.0. The van der Waals surface area contributed by atoms with E-state index in [1.165, 1.54) is 4.90 Å². The minimum absolute atomic E-state index is 0.112. The third-order valence-corrected chi connectivity index (χ3v) is 3.00. The van der Waals surface area contributed by atoms with E-state index in [4.69, 9.17) is 9.84 Å². The number of cyclic esters (lactones) is 1. The number of hydrogen-bond acceptors (Lipinski definition) is 3. The van der Waals surface area contributed by atoms with Crippen LogP contribution in [0.25, 0.3) is 0 Å². The molecular weight excluding hydrogens is 234 g/mol. The Bertz CT molecular complexity index is 498. The molecule has 0 aliphatic carbocycles. The molecule has 0 aromatic heterocycles. The number of benzene rings is 1. The molecule has 0 spiro atoms. The van der Waals surface area contributed by atoms with Gasteiger partial charge in [0.2, 0.25) is 0 Å². The molecule has 1 saturated heterocycles. The van der Waals surface area contributed by atoms with Crippen LogP contribution in [0.1, 0.15) is 17.5 Å². The van der Waals surface area contributed by atoms with Crippen LogP contribution in [0.2, 0.25) is 0 Å². The van der Waals surface area contributed by atoms with Gasteiger partial charge in [0.15, 0.2) is 0 Å². The zero-order valence-electron chi connectivity index (χ0n) is 10.3. The minimum Gasteiger partial charge on any atom is -0.481 e. The summed E-state index contributed by atoms with van der Waals surface area (Å²) in [6, 6.07) is 5.30. The Balaban J connectivity index is 2.36. The first kappa shape index (κ1) is 12.4. The lowest BCUT2D eigenvalue weighted by Gasteiger charge is -2.22. The van der Waals surface area contributed by atoms with E-state index >= 15 is 0 Å². The number of nitrogens with zero attached hydrogens (tertiary/aromatic N) is 1. The minimum atomic E-state index is -0.936. The molecule has 1 aromatic rings. The zero-order valence-corrected chi connectivity index (χ0v) is 10.3. The molecule has 1 fully saturated rings. The third kappa shape index (κ3) is 2.30. The summed E-state index contributed by atoms with van der Waals surface area (Å²) < 4.78 is 4.95. The fraction of sp³-hybridized carbons (Fsp3) is 0.385. The Labute approximate surface area is 105 Å². The maximum atomic E-state index is 11.7. The maximum absolute atomic E-state index is 11.7. The number of amides is 1. The Hall–Kier alpha value is -2.04. The van der Waals surface area contributed by atoms with Crippen molar-refractivity contribution in [2.75, 3.05) is 11.5 Å². The van der Waals surface area contributed by atoms with Crippen molar-refractivity contribution in [3.8, 4) is 0 Å². The molecular formula is C13H15NO4. The highest BCUT2D eigenvalue weighted by Crippen LogP contribution is 2.28. The number of carboxylic acids is 1. The van der Waals surface area contributed by atoms with Gasteiger partial charge in [-0.1, -0.05) is 12.1 Å². The van der Waals surface area contributed by atoms with Crippen LogP contribution in [0.5, 0.6) is 0 Å². The van der Waals surface area contributed by atoms with Crippen LogP contribution in [0.4, 0.5) is 10.5 Å². The second-order valence-corrected chi connectivity index (χ2v) is 4.49. The number of carbonyl (C=O) groups is 2. The van der Waals surface area contributed by atoms with Crippen LogP contribution in [-0.2, 0) is 9.53 Å². The molecule has 0 bridgehead atoms. The fourth-order valence-corrected chi connectivity index (χ4v) is 2.09. The lowest BCUT2D eigenvalue weighted by Crippen LogP contribution is -2.35. The Morgan fingerprint density at radius 3 is 2.89 bits per heavy atom. The summed E-state index contributed by atoms with van der Waals surface area (Å²) in [7, 11) is 0. The average molecular weight is 249 g/mol. The molecule has 1 unspecified atom stereocenters. The first-order valence-electron chi connectivity index (χ1n) is 5.74. The standard InChI is InChI=1S/C13H15NO4/c1-8-3-4-9(2)11(5-8)14-10(6-12(15)16)7-18-13(14)17/h3-5,10H,6-7H2,1-2H3,(H,15,16). The molecule has 5 nitrogen and oxygen atoms in total. The summed E-state index contributed by atoms with van der Waals surface area (Å²) in [5.74, 6) is -0.936. The number of aliphatic carboxylic acids is 1. The van der Waals surface area contributed by atoms with Crippen molar-refractivity contribution in [3.05, 3.63) is 29.3 Å². The summed E-state index contributed by atoms with van der Waals surface area (Å²) in [5, 5.41) is 8.86. The van der Waals surface area contributed by atoms with Crippen LogP contribution in [0.3, 0.4) is 0 Å². The van der Waals surface area contributed by atoms with E-state index in [2.05, 4.69) is 0 Å². The monoisotopic (exact) mass is 249 g/mol. The average Bonchev–Trinajstić information content (AvgIpc) is 2.63. The van der Waals surface area contributed by atoms with Gasteiger partial charge in [-0.25, -0.2) is 4.79 Å². The van der Waals surface area contributed by atoms with Gasteiger partial charge in [0.05, 0.1) is 18.2 Å². The van der Waals surface area contributed by atoms with Crippen molar-refractivity contribution in [2.45, 2.75) is 26.3 Å². The van der Waals surface area contributed by atoms with Crippen LogP contribution < -0.4 is 4.90 Å². The first-order chi connectivity index (χ1) is 8.49. The molecule has 1 aliphatic heterocycles. The normalized spacial score (nSPS) is 18.9. The highest BCUT2D eigenvalue weighted by molar-refractivity contribution is 5.92. The number of carboxylic acid groups (broad SMARTS) is 1. The predicted molar refractivity (Wildman–Crippen MR) is 65.8 cm³/mol. The van der Waals surface area contributed by atoms with Gasteiger partial charge < -0.3 is 9.84 Å². The van der Waals surface area contributed by atoms with Gasteiger partial charge in [0.25, 0.3) is 0 Å². The molecule has 5 heteroatoms. The van der Waals surface area contributed by atoms with Crippen molar-refractivity contribution in [2.24, 2.45) is 0 Å². The van der Waals surface area contributed by atoms with Gasteiger partial charge in [-0.05, 0) is 31.0 Å². The van der Waals surface area contributed by atoms with Gasteiger partial charge in [0.1, 0.15) is 6.61 Å². The maximum Gasteiger partial charge on any atom is 0.414 e. The molecule has 1 atom stereocenters. The number of aryl methyl sites for hydroxylation is 2. The Kier molecular flexibility index (Phi) is 3.23. The lowest BCUT2D eigenvalue weighted by atomic mass is 10.1. The molecule has 1 heterocycles. The van der Waals surface area contributed by atoms with Crippen molar-refractivity contribution in [3.63, 3.8) is 0 Å². The van der Waals surface area contributed by atoms with Crippen molar-refractivity contribution in [1.82, 2.24) is 0 Å². The molecule has 1 N–H and O–H groups in total. The Morgan fingerprint density at radius 2 is 2.22 bits per heavy atom. The highest BCUT2D eigenvalue weighted by Gasteiger charge is 2.36. The topological polar surface area (TPSA) is 66.8 Å². The van der Waals surface area contributed by atoms with E-state index < -0.39 is 18.1 Å². The van der Waals surface area contributed by atoms with E-state index in [0.717, 1.165) is 16.8 Å². The van der Waals surface area contributed by atoms with Gasteiger partial charge in [-0.3, -0.25) is 9.69 Å². The van der Waals surface area contributed by atoms with Gasteiger partial charge >= 0.3 is 12.1 Å². The predicted octanol–water partition coefficient (Wildman–Crippen LogP) is 2.10. The highest BCUT2D eigenvalue weighted by atomic mass is 16.6. The molecule has 0 radical (unpaired) electrons. The Morgan fingerprint density at radius 1 is 1.50 bits per heavy atom. The van der Waals surface area contributed by atoms with Crippen LogP contribution in [0.15, 0.2) is 18.2 Å². The van der Waals surface area contributed by atoms with Crippen LogP contribution in [0, 0.1) is 13.8 Å². The van der Waals surface area contributed by atoms with E-state index in [1.54, 1.807) is 0 Å².